The van der Waals surface area contributed by atoms with Gasteiger partial charge in [-0.15, -0.1) is 0 Å². The Labute approximate surface area is 38.7 Å². The van der Waals surface area contributed by atoms with Crippen LogP contribution in [0.15, 0.2) is 0 Å². The molecule has 0 aliphatic heterocycles. The maximum Gasteiger partial charge on any atom is 0.00933 e. The van der Waals surface area contributed by atoms with Crippen molar-refractivity contribution in [3.8, 4) is 0 Å². The molecule has 0 heterocycles. The van der Waals surface area contributed by atoms with E-state index in [1.807, 2.05) is 7.05 Å². The Bertz CT molecular complexity index is 49.9. The summed E-state index contributed by atoms with van der Waals surface area (Å²) in [4.78, 5) is 0. The lowest BCUT2D eigenvalue weighted by Gasteiger charge is -1.84. The number of nitrogens with one attached hydrogen (secondary N) is 1. The first-order valence-corrected chi connectivity index (χ1v) is 2.52. The Balaban J connectivity index is 2.09. The van der Waals surface area contributed by atoms with Gasteiger partial charge in [-0.3, -0.25) is 0 Å². The highest BCUT2D eigenvalue weighted by Crippen LogP contribution is 2.27. The summed E-state index contributed by atoms with van der Waals surface area (Å²) in [7, 11) is 2.02. The number of hydrogen-bond donors (Lipinski definition) is 1. The molecule has 1 unspecified atom stereocenters. The minimum Gasteiger partial charge on any atom is -0.317 e. The first-order chi connectivity index (χ1) is 2.84. The van der Waals surface area contributed by atoms with Crippen LogP contribution in [0.5, 0.6) is 0 Å². The molecule has 0 aromatic carbocycles. The topological polar surface area (TPSA) is 12.0 Å². The van der Waals surface area contributed by atoms with Crippen LogP contribution >= 0.6 is 0 Å². The van der Waals surface area contributed by atoms with Crippen molar-refractivity contribution in [3.63, 3.8) is 0 Å². The summed E-state index contributed by atoms with van der Waals surface area (Å²) in [6, 6.07) is 0.852. The maximum atomic E-state index is 3.19. The van der Waals surface area contributed by atoms with Gasteiger partial charge in [-0.05, 0) is 19.4 Å². The Morgan fingerprint density at radius 1 is 1.67 bits per heavy atom. The highest BCUT2D eigenvalue weighted by Gasteiger charge is 2.29. The summed E-state index contributed by atoms with van der Waals surface area (Å²) in [5.74, 6) is 0.954. The molecule has 1 nitrogen and oxygen atoms in total. The van der Waals surface area contributed by atoms with Gasteiger partial charge in [0, 0.05) is 6.04 Å². The van der Waals surface area contributed by atoms with E-state index in [-0.39, 0.29) is 0 Å². The molecular formula is C5H11N. The Hall–Kier alpha value is -0.0400. The monoisotopic (exact) mass is 85.1 g/mol. The lowest BCUT2D eigenvalue weighted by molar-refractivity contribution is 0.747. The smallest absolute Gasteiger partial charge is 0.00933 e. The van der Waals surface area contributed by atoms with Crippen LogP contribution in [0.4, 0.5) is 0 Å². The normalized spacial score (nSPS) is 43.0. The summed E-state index contributed by atoms with van der Waals surface area (Å²) < 4.78 is 0. The van der Waals surface area contributed by atoms with Gasteiger partial charge in [0.2, 0.25) is 0 Å². The van der Waals surface area contributed by atoms with Crippen molar-refractivity contribution in [2.24, 2.45) is 5.92 Å². The van der Waals surface area contributed by atoms with E-state index in [0.29, 0.717) is 0 Å². The third kappa shape index (κ3) is 0.548. The minimum absolute atomic E-state index is 0.852. The van der Waals surface area contributed by atoms with E-state index >= 15 is 0 Å². The molecular weight excluding hydrogens is 74.1 g/mol. The van der Waals surface area contributed by atoms with Gasteiger partial charge < -0.3 is 5.32 Å². The molecule has 1 heteroatoms. The molecule has 0 spiro atoms. The predicted octanol–water partition coefficient (Wildman–Crippen LogP) is 0.614. The molecule has 2 atom stereocenters. The molecule has 0 aromatic heterocycles. The van der Waals surface area contributed by atoms with Crippen molar-refractivity contribution in [1.29, 1.82) is 0 Å². The summed E-state index contributed by atoms with van der Waals surface area (Å²) >= 11 is 0. The molecule has 0 bridgehead atoms. The molecule has 1 fully saturated rings. The minimum atomic E-state index is 0.852. The van der Waals surface area contributed by atoms with Crippen LogP contribution in [-0.2, 0) is 0 Å². The quantitative estimate of drug-likeness (QED) is 0.492. The van der Waals surface area contributed by atoms with E-state index in [1.54, 1.807) is 0 Å². The lowest BCUT2D eigenvalue weighted by Crippen LogP contribution is -2.09. The SMILES string of the molecule is CNC1C[C@@H]1C. The number of rotatable bonds is 1. The fourth-order valence-electron chi connectivity index (χ4n) is 0.724. The van der Waals surface area contributed by atoms with Crippen LogP contribution < -0.4 is 5.32 Å². The van der Waals surface area contributed by atoms with Crippen molar-refractivity contribution >= 4 is 0 Å². The van der Waals surface area contributed by atoms with Crippen molar-refractivity contribution in [1.82, 2.24) is 5.32 Å². The van der Waals surface area contributed by atoms with Gasteiger partial charge in [-0.1, -0.05) is 6.92 Å². The van der Waals surface area contributed by atoms with Gasteiger partial charge in [-0.25, -0.2) is 0 Å². The van der Waals surface area contributed by atoms with E-state index in [1.165, 1.54) is 6.42 Å². The van der Waals surface area contributed by atoms with E-state index in [9.17, 15) is 0 Å². The first kappa shape index (κ1) is 4.13. The molecule has 1 aliphatic rings. The summed E-state index contributed by atoms with van der Waals surface area (Å²) in [5, 5.41) is 3.19. The van der Waals surface area contributed by atoms with Gasteiger partial charge >= 0.3 is 0 Å². The molecule has 1 saturated carbocycles. The lowest BCUT2D eigenvalue weighted by atomic mass is 10.5. The third-order valence-electron chi connectivity index (χ3n) is 1.48. The van der Waals surface area contributed by atoms with Crippen molar-refractivity contribution in [3.05, 3.63) is 0 Å². The van der Waals surface area contributed by atoms with E-state index in [2.05, 4.69) is 12.2 Å². The van der Waals surface area contributed by atoms with Crippen molar-refractivity contribution in [2.75, 3.05) is 7.05 Å². The molecule has 36 valence electrons. The maximum absolute atomic E-state index is 3.19. The first-order valence-electron chi connectivity index (χ1n) is 2.52. The van der Waals surface area contributed by atoms with E-state index in [4.69, 9.17) is 0 Å². The highest BCUT2D eigenvalue weighted by atomic mass is 14.9. The molecule has 0 radical (unpaired) electrons. The molecule has 0 amide bonds. The zero-order valence-electron chi connectivity index (χ0n) is 4.36. The zero-order chi connectivity index (χ0) is 4.57. The molecule has 1 N–H and O–H groups in total. The average molecular weight is 85.1 g/mol. The van der Waals surface area contributed by atoms with Crippen LogP contribution in [0.25, 0.3) is 0 Å². The second-order valence-corrected chi connectivity index (χ2v) is 2.11. The van der Waals surface area contributed by atoms with Crippen LogP contribution in [-0.4, -0.2) is 13.1 Å². The molecule has 1 rings (SSSR count). The molecule has 0 saturated heterocycles. The Kier molecular flexibility index (Phi) is 0.845. The molecule has 6 heavy (non-hydrogen) atoms. The second-order valence-electron chi connectivity index (χ2n) is 2.11. The standard InChI is InChI=1S/C5H11N/c1-4-3-5(4)6-2/h4-6H,3H2,1-2H3/t4-,5?/m0/s1. The summed E-state index contributed by atoms with van der Waals surface area (Å²) in [6.45, 7) is 2.27. The van der Waals surface area contributed by atoms with Gasteiger partial charge in [-0.2, -0.15) is 0 Å². The Morgan fingerprint density at radius 2 is 2.17 bits per heavy atom. The molecule has 1 aliphatic carbocycles. The zero-order valence-corrected chi connectivity index (χ0v) is 4.36. The van der Waals surface area contributed by atoms with Gasteiger partial charge in [0.05, 0.1) is 0 Å². The van der Waals surface area contributed by atoms with Gasteiger partial charge in [0.25, 0.3) is 0 Å². The van der Waals surface area contributed by atoms with Crippen molar-refractivity contribution in [2.45, 2.75) is 19.4 Å². The van der Waals surface area contributed by atoms with Crippen molar-refractivity contribution < 1.29 is 0 Å². The Morgan fingerprint density at radius 3 is 2.17 bits per heavy atom. The fourth-order valence-corrected chi connectivity index (χ4v) is 0.724. The van der Waals surface area contributed by atoms with Crippen LogP contribution in [0.3, 0.4) is 0 Å². The number of hydrogen-bond acceptors (Lipinski definition) is 1. The average Bonchev–Trinajstić information content (AvgIpc) is 2.19. The van der Waals surface area contributed by atoms with Crippen LogP contribution in [0.2, 0.25) is 0 Å². The van der Waals surface area contributed by atoms with Crippen LogP contribution in [0, 0.1) is 5.92 Å². The molecule has 0 aromatic rings. The second kappa shape index (κ2) is 1.23. The third-order valence-corrected chi connectivity index (χ3v) is 1.48. The van der Waals surface area contributed by atoms with E-state index in [0.717, 1.165) is 12.0 Å². The van der Waals surface area contributed by atoms with Gasteiger partial charge in [0.15, 0.2) is 0 Å². The van der Waals surface area contributed by atoms with Crippen LogP contribution in [0.1, 0.15) is 13.3 Å². The summed E-state index contributed by atoms with van der Waals surface area (Å²) in [5.41, 5.74) is 0. The highest BCUT2D eigenvalue weighted by molar-refractivity contribution is 4.87. The van der Waals surface area contributed by atoms with Gasteiger partial charge in [0.1, 0.15) is 0 Å². The fraction of sp³-hybridized carbons (Fsp3) is 1.00. The van der Waals surface area contributed by atoms with E-state index < -0.39 is 0 Å². The predicted molar refractivity (Wildman–Crippen MR) is 26.6 cm³/mol. The summed E-state index contributed by atoms with van der Waals surface area (Å²) in [6.07, 6.45) is 1.39. The largest absolute Gasteiger partial charge is 0.317 e.